The Kier molecular flexibility index (Phi) is 4.16. The Hall–Kier alpha value is -1.51. The number of carbonyl (C=O) groups excluding carboxylic acids is 1. The van der Waals surface area contributed by atoms with E-state index in [1.165, 1.54) is 0 Å². The maximum absolute atomic E-state index is 11.9. The van der Waals surface area contributed by atoms with E-state index in [9.17, 15) is 9.90 Å². The summed E-state index contributed by atoms with van der Waals surface area (Å²) in [4.78, 5) is 11.9. The van der Waals surface area contributed by atoms with E-state index in [0.717, 1.165) is 12.0 Å². The van der Waals surface area contributed by atoms with Gasteiger partial charge in [0, 0.05) is 6.54 Å². The minimum atomic E-state index is -0.218. The van der Waals surface area contributed by atoms with Crippen molar-refractivity contribution in [3.8, 4) is 5.75 Å². The molecule has 0 radical (unpaired) electrons. The van der Waals surface area contributed by atoms with Crippen molar-refractivity contribution in [1.82, 2.24) is 5.32 Å². The van der Waals surface area contributed by atoms with E-state index in [1.807, 2.05) is 13.0 Å². The molecule has 1 amide bonds. The van der Waals surface area contributed by atoms with E-state index in [2.05, 4.69) is 26.1 Å². The molecule has 0 aliphatic heterocycles. The summed E-state index contributed by atoms with van der Waals surface area (Å²) < 4.78 is 0. The largest absolute Gasteiger partial charge is 0.507 e. The Balaban J connectivity index is 2.71. The van der Waals surface area contributed by atoms with Gasteiger partial charge < -0.3 is 10.4 Å². The molecule has 3 heteroatoms. The fraction of sp³-hybridized carbons (Fsp3) is 0.500. The summed E-state index contributed by atoms with van der Waals surface area (Å²) >= 11 is 0. The van der Waals surface area contributed by atoms with Gasteiger partial charge in [0.15, 0.2) is 0 Å². The van der Waals surface area contributed by atoms with Crippen LogP contribution in [0, 0.1) is 12.3 Å². The van der Waals surface area contributed by atoms with Gasteiger partial charge in [-0.2, -0.15) is 0 Å². The molecular formula is C14H21NO2. The number of rotatable bonds is 4. The molecule has 2 N–H and O–H groups in total. The first kappa shape index (κ1) is 13.6. The molecule has 17 heavy (non-hydrogen) atoms. The van der Waals surface area contributed by atoms with Gasteiger partial charge in [0.1, 0.15) is 5.75 Å². The summed E-state index contributed by atoms with van der Waals surface area (Å²) in [6, 6.07) is 5.07. The highest BCUT2D eigenvalue weighted by molar-refractivity contribution is 5.96. The van der Waals surface area contributed by atoms with Gasteiger partial charge in [0.25, 0.3) is 5.91 Å². The monoisotopic (exact) mass is 235 g/mol. The van der Waals surface area contributed by atoms with Gasteiger partial charge in [-0.1, -0.05) is 26.8 Å². The second-order valence-corrected chi connectivity index (χ2v) is 5.22. The van der Waals surface area contributed by atoms with Gasteiger partial charge in [-0.15, -0.1) is 0 Å². The van der Waals surface area contributed by atoms with E-state index >= 15 is 0 Å². The third kappa shape index (κ3) is 3.77. The maximum Gasteiger partial charge on any atom is 0.255 e. The summed E-state index contributed by atoms with van der Waals surface area (Å²) in [7, 11) is 0. The van der Waals surface area contributed by atoms with Crippen molar-refractivity contribution >= 4 is 5.91 Å². The van der Waals surface area contributed by atoms with Crippen LogP contribution >= 0.6 is 0 Å². The Morgan fingerprint density at radius 3 is 2.59 bits per heavy atom. The molecule has 0 atom stereocenters. The number of hydrogen-bond acceptors (Lipinski definition) is 2. The zero-order chi connectivity index (χ0) is 13.1. The Morgan fingerprint density at radius 2 is 2.06 bits per heavy atom. The molecular weight excluding hydrogens is 214 g/mol. The number of benzene rings is 1. The number of amides is 1. The van der Waals surface area contributed by atoms with Crippen molar-refractivity contribution in [2.45, 2.75) is 34.1 Å². The van der Waals surface area contributed by atoms with Gasteiger partial charge in [-0.25, -0.2) is 0 Å². The highest BCUT2D eigenvalue weighted by atomic mass is 16.3. The third-order valence-electron chi connectivity index (χ3n) is 3.08. The maximum atomic E-state index is 11.9. The van der Waals surface area contributed by atoms with Crippen molar-refractivity contribution in [2.24, 2.45) is 5.41 Å². The van der Waals surface area contributed by atoms with Gasteiger partial charge in [0.2, 0.25) is 0 Å². The van der Waals surface area contributed by atoms with E-state index in [0.29, 0.717) is 12.1 Å². The number of aromatic hydroxyl groups is 1. The van der Waals surface area contributed by atoms with Gasteiger partial charge in [-0.05, 0) is 36.5 Å². The number of aryl methyl sites for hydroxylation is 1. The van der Waals surface area contributed by atoms with E-state index in [-0.39, 0.29) is 17.1 Å². The molecule has 0 unspecified atom stereocenters. The SMILES string of the molecule is CCC(C)(C)CNC(=O)c1ccc(C)cc1O. The Labute approximate surface area is 103 Å². The molecule has 1 aromatic rings. The Morgan fingerprint density at radius 1 is 1.41 bits per heavy atom. The number of phenols is 1. The van der Waals surface area contributed by atoms with Crippen LogP contribution in [0.2, 0.25) is 0 Å². The lowest BCUT2D eigenvalue weighted by Crippen LogP contribution is -2.33. The van der Waals surface area contributed by atoms with Crippen LogP contribution in [-0.2, 0) is 0 Å². The summed E-state index contributed by atoms with van der Waals surface area (Å²) in [5.74, 6) is -0.180. The standard InChI is InChI=1S/C14H21NO2/c1-5-14(3,4)9-15-13(17)11-7-6-10(2)8-12(11)16/h6-8,16H,5,9H2,1-4H3,(H,15,17). The van der Waals surface area contributed by atoms with Crippen LogP contribution in [0.4, 0.5) is 0 Å². The average Bonchev–Trinajstić information content (AvgIpc) is 2.26. The molecule has 0 heterocycles. The highest BCUT2D eigenvalue weighted by Gasteiger charge is 2.18. The minimum Gasteiger partial charge on any atom is -0.507 e. The highest BCUT2D eigenvalue weighted by Crippen LogP contribution is 2.20. The lowest BCUT2D eigenvalue weighted by Gasteiger charge is -2.22. The molecule has 0 aliphatic carbocycles. The molecule has 0 aliphatic rings. The number of nitrogens with one attached hydrogen (secondary N) is 1. The first-order valence-corrected chi connectivity index (χ1v) is 5.93. The van der Waals surface area contributed by atoms with Crippen LogP contribution in [0.5, 0.6) is 5.75 Å². The van der Waals surface area contributed by atoms with Crippen molar-refractivity contribution in [3.63, 3.8) is 0 Å². The summed E-state index contributed by atoms with van der Waals surface area (Å²) in [5.41, 5.74) is 1.35. The van der Waals surface area contributed by atoms with E-state index in [1.54, 1.807) is 12.1 Å². The molecule has 94 valence electrons. The summed E-state index contributed by atoms with van der Waals surface area (Å²) in [6.07, 6.45) is 0.993. The van der Waals surface area contributed by atoms with Crippen molar-refractivity contribution in [2.75, 3.05) is 6.54 Å². The second-order valence-electron chi connectivity index (χ2n) is 5.22. The molecule has 0 fully saturated rings. The van der Waals surface area contributed by atoms with E-state index in [4.69, 9.17) is 0 Å². The molecule has 1 rings (SSSR count). The molecule has 0 bridgehead atoms. The van der Waals surface area contributed by atoms with Gasteiger partial charge >= 0.3 is 0 Å². The molecule has 0 saturated heterocycles. The lowest BCUT2D eigenvalue weighted by atomic mass is 9.90. The van der Waals surface area contributed by atoms with Crippen molar-refractivity contribution in [1.29, 1.82) is 0 Å². The number of carbonyl (C=O) groups is 1. The first-order chi connectivity index (χ1) is 7.85. The number of phenolic OH excluding ortho intramolecular Hbond substituents is 1. The smallest absolute Gasteiger partial charge is 0.255 e. The quantitative estimate of drug-likeness (QED) is 0.843. The van der Waals surface area contributed by atoms with Crippen LogP contribution in [0.25, 0.3) is 0 Å². The topological polar surface area (TPSA) is 49.3 Å². The van der Waals surface area contributed by atoms with Crippen LogP contribution in [0.3, 0.4) is 0 Å². The molecule has 0 aromatic heterocycles. The van der Waals surface area contributed by atoms with Gasteiger partial charge in [-0.3, -0.25) is 4.79 Å². The summed E-state index contributed by atoms with van der Waals surface area (Å²) in [5, 5.41) is 12.5. The van der Waals surface area contributed by atoms with Gasteiger partial charge in [0.05, 0.1) is 5.56 Å². The zero-order valence-corrected chi connectivity index (χ0v) is 11.0. The summed E-state index contributed by atoms with van der Waals surface area (Å²) in [6.45, 7) is 8.78. The lowest BCUT2D eigenvalue weighted by molar-refractivity contribution is 0.0933. The minimum absolute atomic E-state index is 0.0387. The van der Waals surface area contributed by atoms with Crippen LogP contribution in [-0.4, -0.2) is 17.6 Å². The first-order valence-electron chi connectivity index (χ1n) is 5.93. The molecule has 1 aromatic carbocycles. The van der Waals surface area contributed by atoms with Crippen molar-refractivity contribution in [3.05, 3.63) is 29.3 Å². The molecule has 0 saturated carbocycles. The average molecular weight is 235 g/mol. The Bertz CT molecular complexity index is 411. The van der Waals surface area contributed by atoms with E-state index < -0.39 is 0 Å². The van der Waals surface area contributed by atoms with Crippen LogP contribution in [0.1, 0.15) is 43.1 Å². The fourth-order valence-electron chi connectivity index (χ4n) is 1.37. The number of hydrogen-bond donors (Lipinski definition) is 2. The fourth-order valence-corrected chi connectivity index (χ4v) is 1.37. The second kappa shape index (κ2) is 5.21. The molecule has 3 nitrogen and oxygen atoms in total. The predicted octanol–water partition coefficient (Wildman–Crippen LogP) is 2.87. The predicted molar refractivity (Wildman–Crippen MR) is 69.2 cm³/mol. The van der Waals surface area contributed by atoms with Crippen LogP contribution in [0.15, 0.2) is 18.2 Å². The zero-order valence-electron chi connectivity index (χ0n) is 11.0. The van der Waals surface area contributed by atoms with Crippen molar-refractivity contribution < 1.29 is 9.90 Å². The third-order valence-corrected chi connectivity index (χ3v) is 3.08. The van der Waals surface area contributed by atoms with Crippen LogP contribution < -0.4 is 5.32 Å². The normalized spacial score (nSPS) is 11.3. The molecule has 0 spiro atoms.